The number of thiophene rings is 1. The van der Waals surface area contributed by atoms with Gasteiger partial charge in [-0.05, 0) is 31.9 Å². The van der Waals surface area contributed by atoms with Gasteiger partial charge in [-0.15, -0.1) is 11.3 Å². The van der Waals surface area contributed by atoms with E-state index in [-0.39, 0.29) is 11.5 Å². The standard InChI is InChI=1S/C26H29N3O5S/c1-6-18(25(30)27-14-13-16-11-12-19(32-3)23(34-5)22(16)33-4)29-26(31)21-17-9-7-8-10-20(17)35-24(21)15(2)28-29/h7-12,18H,6,13-14H2,1-5H3,(H,27,30)/t18-/m0/s1. The van der Waals surface area contributed by atoms with Crippen molar-refractivity contribution in [3.63, 3.8) is 0 Å². The molecule has 0 fully saturated rings. The van der Waals surface area contributed by atoms with E-state index >= 15 is 0 Å². The fourth-order valence-electron chi connectivity index (χ4n) is 4.36. The van der Waals surface area contributed by atoms with Gasteiger partial charge in [-0.2, -0.15) is 5.10 Å². The largest absolute Gasteiger partial charge is 0.493 e. The van der Waals surface area contributed by atoms with Crippen molar-refractivity contribution in [1.29, 1.82) is 0 Å². The van der Waals surface area contributed by atoms with Crippen molar-refractivity contribution >= 4 is 37.4 Å². The highest BCUT2D eigenvalue weighted by Crippen LogP contribution is 2.39. The van der Waals surface area contributed by atoms with Gasteiger partial charge in [0.2, 0.25) is 11.7 Å². The van der Waals surface area contributed by atoms with Crippen molar-refractivity contribution in [2.75, 3.05) is 27.9 Å². The van der Waals surface area contributed by atoms with Crippen LogP contribution in [0, 0.1) is 6.92 Å². The van der Waals surface area contributed by atoms with E-state index in [1.807, 2.05) is 44.2 Å². The van der Waals surface area contributed by atoms with E-state index in [4.69, 9.17) is 14.2 Å². The summed E-state index contributed by atoms with van der Waals surface area (Å²) < 4.78 is 19.5. The molecule has 1 amide bonds. The molecule has 35 heavy (non-hydrogen) atoms. The summed E-state index contributed by atoms with van der Waals surface area (Å²) in [6.07, 6.45) is 0.951. The summed E-state index contributed by atoms with van der Waals surface area (Å²) in [6, 6.07) is 10.8. The molecule has 0 bridgehead atoms. The molecule has 4 aromatic rings. The van der Waals surface area contributed by atoms with Crippen LogP contribution in [0.4, 0.5) is 0 Å². The van der Waals surface area contributed by atoms with Gasteiger partial charge in [0.25, 0.3) is 5.56 Å². The minimum Gasteiger partial charge on any atom is -0.493 e. The molecule has 184 valence electrons. The van der Waals surface area contributed by atoms with Crippen LogP contribution in [0.2, 0.25) is 0 Å². The highest BCUT2D eigenvalue weighted by Gasteiger charge is 2.24. The molecule has 2 heterocycles. The molecule has 0 radical (unpaired) electrons. The average Bonchev–Trinajstić information content (AvgIpc) is 3.27. The summed E-state index contributed by atoms with van der Waals surface area (Å²) in [5.41, 5.74) is 1.37. The van der Waals surface area contributed by atoms with Crippen LogP contribution in [0.5, 0.6) is 17.2 Å². The predicted octanol–water partition coefficient (Wildman–Crippen LogP) is 4.26. The van der Waals surface area contributed by atoms with Crippen LogP contribution in [-0.4, -0.2) is 43.6 Å². The van der Waals surface area contributed by atoms with Gasteiger partial charge in [0.15, 0.2) is 11.5 Å². The van der Waals surface area contributed by atoms with Crippen LogP contribution in [0.1, 0.15) is 30.6 Å². The Labute approximate surface area is 207 Å². The summed E-state index contributed by atoms with van der Waals surface area (Å²) in [6.45, 7) is 4.11. The van der Waals surface area contributed by atoms with Crippen molar-refractivity contribution < 1.29 is 19.0 Å². The quantitative estimate of drug-likeness (QED) is 0.373. The van der Waals surface area contributed by atoms with Gasteiger partial charge in [-0.3, -0.25) is 9.59 Å². The van der Waals surface area contributed by atoms with Gasteiger partial charge in [0.05, 0.1) is 37.1 Å². The summed E-state index contributed by atoms with van der Waals surface area (Å²) in [5, 5.41) is 9.01. The second kappa shape index (κ2) is 10.4. The number of carbonyl (C=O) groups is 1. The van der Waals surface area contributed by atoms with Gasteiger partial charge in [-0.1, -0.05) is 31.2 Å². The minimum absolute atomic E-state index is 0.244. The number of nitrogens with one attached hydrogen (secondary N) is 1. The fraction of sp³-hybridized carbons (Fsp3) is 0.346. The molecule has 0 aliphatic heterocycles. The lowest BCUT2D eigenvalue weighted by molar-refractivity contribution is -0.124. The van der Waals surface area contributed by atoms with Crippen LogP contribution in [0.3, 0.4) is 0 Å². The molecule has 2 aromatic carbocycles. The van der Waals surface area contributed by atoms with Crippen LogP contribution in [0.25, 0.3) is 20.2 Å². The molecule has 0 unspecified atom stereocenters. The van der Waals surface area contributed by atoms with Gasteiger partial charge in [-0.25, -0.2) is 4.68 Å². The van der Waals surface area contributed by atoms with Crippen molar-refractivity contribution in [1.82, 2.24) is 15.1 Å². The van der Waals surface area contributed by atoms with Crippen molar-refractivity contribution in [2.45, 2.75) is 32.7 Å². The topological polar surface area (TPSA) is 91.7 Å². The van der Waals surface area contributed by atoms with E-state index in [2.05, 4.69) is 10.4 Å². The third kappa shape index (κ3) is 4.43. The lowest BCUT2D eigenvalue weighted by Crippen LogP contribution is -2.39. The summed E-state index contributed by atoms with van der Waals surface area (Å²) in [5.74, 6) is 1.39. The normalized spacial score (nSPS) is 12.0. The molecule has 0 aliphatic rings. The molecule has 1 atom stereocenters. The highest BCUT2D eigenvalue weighted by atomic mass is 32.1. The van der Waals surface area contributed by atoms with Crippen LogP contribution in [0.15, 0.2) is 41.2 Å². The number of hydrogen-bond acceptors (Lipinski definition) is 7. The van der Waals surface area contributed by atoms with E-state index in [1.165, 1.54) is 4.68 Å². The lowest BCUT2D eigenvalue weighted by atomic mass is 10.1. The zero-order valence-corrected chi connectivity index (χ0v) is 21.3. The first kappa shape index (κ1) is 24.5. The van der Waals surface area contributed by atoms with Gasteiger partial charge in [0, 0.05) is 22.2 Å². The van der Waals surface area contributed by atoms with E-state index in [0.29, 0.717) is 42.0 Å². The molecule has 4 rings (SSSR count). The van der Waals surface area contributed by atoms with E-state index in [9.17, 15) is 9.59 Å². The molecule has 1 N–H and O–H groups in total. The predicted molar refractivity (Wildman–Crippen MR) is 138 cm³/mol. The van der Waals surface area contributed by atoms with Crippen molar-refractivity contribution in [3.8, 4) is 17.2 Å². The average molecular weight is 496 g/mol. The molecule has 2 aromatic heterocycles. The first-order valence-corrected chi connectivity index (χ1v) is 12.2. The Kier molecular flexibility index (Phi) is 7.25. The molecule has 0 aliphatic carbocycles. The number of carbonyl (C=O) groups excluding carboxylic acids is 1. The number of benzene rings is 2. The number of amides is 1. The zero-order valence-electron chi connectivity index (χ0n) is 20.5. The first-order valence-electron chi connectivity index (χ1n) is 11.4. The number of methoxy groups -OCH3 is 3. The first-order chi connectivity index (χ1) is 16.9. The molecular formula is C26H29N3O5S. The number of ether oxygens (including phenoxy) is 3. The molecule has 9 heteroatoms. The Hall–Kier alpha value is -3.59. The molecule has 0 spiro atoms. The highest BCUT2D eigenvalue weighted by molar-refractivity contribution is 7.26. The molecule has 8 nitrogen and oxygen atoms in total. The Morgan fingerprint density at radius 1 is 1.09 bits per heavy atom. The maximum absolute atomic E-state index is 13.5. The SMILES string of the molecule is CC[C@@H](C(=O)NCCc1ccc(OC)c(OC)c1OC)n1nc(C)c2sc3ccccc3c2c1=O. The number of aromatic nitrogens is 2. The molecule has 0 saturated heterocycles. The Bertz CT molecular complexity index is 1440. The second-order valence-electron chi connectivity index (χ2n) is 8.10. The minimum atomic E-state index is -0.712. The van der Waals surface area contributed by atoms with E-state index in [1.54, 1.807) is 38.7 Å². The third-order valence-electron chi connectivity index (χ3n) is 6.07. The van der Waals surface area contributed by atoms with Crippen LogP contribution in [-0.2, 0) is 11.2 Å². The monoisotopic (exact) mass is 495 g/mol. The van der Waals surface area contributed by atoms with E-state index < -0.39 is 6.04 Å². The number of rotatable bonds is 9. The summed E-state index contributed by atoms with van der Waals surface area (Å²) in [4.78, 5) is 26.6. The number of nitrogens with zero attached hydrogens (tertiary/aromatic N) is 2. The van der Waals surface area contributed by atoms with Crippen LogP contribution >= 0.6 is 11.3 Å². The van der Waals surface area contributed by atoms with Gasteiger partial charge >= 0.3 is 0 Å². The Morgan fingerprint density at radius 3 is 2.51 bits per heavy atom. The maximum Gasteiger partial charge on any atom is 0.276 e. The third-order valence-corrected chi connectivity index (χ3v) is 7.35. The van der Waals surface area contributed by atoms with Crippen molar-refractivity contribution in [2.24, 2.45) is 0 Å². The molecular weight excluding hydrogens is 466 g/mol. The maximum atomic E-state index is 13.5. The number of hydrogen-bond donors (Lipinski definition) is 1. The summed E-state index contributed by atoms with van der Waals surface area (Å²) in [7, 11) is 4.69. The van der Waals surface area contributed by atoms with Crippen molar-refractivity contribution in [3.05, 3.63) is 58.0 Å². The van der Waals surface area contributed by atoms with Crippen LogP contribution < -0.4 is 25.1 Å². The zero-order chi connectivity index (χ0) is 25.1. The van der Waals surface area contributed by atoms with Gasteiger partial charge < -0.3 is 19.5 Å². The summed E-state index contributed by atoms with van der Waals surface area (Å²) >= 11 is 1.55. The second-order valence-corrected chi connectivity index (χ2v) is 9.15. The Morgan fingerprint density at radius 2 is 1.83 bits per heavy atom. The smallest absolute Gasteiger partial charge is 0.276 e. The number of fused-ring (bicyclic) bond motifs is 3. The molecule has 0 saturated carbocycles. The number of aryl methyl sites for hydroxylation is 1. The fourth-order valence-corrected chi connectivity index (χ4v) is 5.49. The van der Waals surface area contributed by atoms with E-state index in [0.717, 1.165) is 26.0 Å². The lowest BCUT2D eigenvalue weighted by Gasteiger charge is -2.19. The van der Waals surface area contributed by atoms with Gasteiger partial charge in [0.1, 0.15) is 6.04 Å². The Balaban J connectivity index is 1.58.